The number of aliphatic imine (C=N–C) groups is 2. The minimum absolute atomic E-state index is 0.0130. The molecule has 0 spiro atoms. The Kier molecular flexibility index (Phi) is 8.48. The normalized spacial score (nSPS) is 19.4. The number of benzene rings is 1. The predicted octanol–water partition coefficient (Wildman–Crippen LogP) is 5.24. The van der Waals surface area contributed by atoms with Gasteiger partial charge in [-0.15, -0.1) is 0 Å². The number of guanidine groups is 1. The first kappa shape index (κ1) is 26.2. The third kappa shape index (κ3) is 7.03. The van der Waals surface area contributed by atoms with Crippen LogP contribution in [0.5, 0.6) is 0 Å². The van der Waals surface area contributed by atoms with Crippen molar-refractivity contribution in [2.24, 2.45) is 28.9 Å². The number of alkyl halides is 3. The van der Waals surface area contributed by atoms with E-state index in [9.17, 15) is 18.0 Å². The molecule has 3 rings (SSSR count). The summed E-state index contributed by atoms with van der Waals surface area (Å²) in [5.74, 6) is -1.51. The number of anilines is 1. The smallest absolute Gasteiger partial charge is 0.352 e. The second-order valence-corrected chi connectivity index (χ2v) is 8.74. The van der Waals surface area contributed by atoms with E-state index >= 15 is 0 Å². The molecule has 1 aromatic carbocycles. The average Bonchev–Trinajstić information content (AvgIpc) is 3.24. The number of halogens is 3. The highest BCUT2D eigenvalue weighted by Crippen LogP contribution is 2.39. The molecule has 10 heteroatoms. The second kappa shape index (κ2) is 11.3. The van der Waals surface area contributed by atoms with Crippen molar-refractivity contribution in [2.45, 2.75) is 52.3 Å². The summed E-state index contributed by atoms with van der Waals surface area (Å²) in [6, 6.07) is 5.80. The lowest BCUT2D eigenvalue weighted by Crippen LogP contribution is -2.35. The Morgan fingerprint density at radius 3 is 2.54 bits per heavy atom. The van der Waals surface area contributed by atoms with Gasteiger partial charge < -0.3 is 10.6 Å². The van der Waals surface area contributed by atoms with Crippen LogP contribution in [0.25, 0.3) is 5.70 Å². The van der Waals surface area contributed by atoms with E-state index in [4.69, 9.17) is 0 Å². The van der Waals surface area contributed by atoms with E-state index in [0.717, 1.165) is 22.4 Å². The van der Waals surface area contributed by atoms with Gasteiger partial charge in [-0.05, 0) is 63.4 Å². The highest BCUT2D eigenvalue weighted by molar-refractivity contribution is 5.99. The van der Waals surface area contributed by atoms with Crippen LogP contribution in [0.3, 0.4) is 0 Å². The van der Waals surface area contributed by atoms with E-state index in [-0.39, 0.29) is 37.5 Å². The molecule has 0 radical (unpaired) electrons. The molecular formula is C25H31F3N6O. The molecule has 0 aliphatic heterocycles. The SMILES string of the molecule is C=NC(=N/C(=C\C)c1ccc(CNC(=O)C2CCC(C(F)(F)F)CC2)c(C)c1)Nc1cnn(C)c1. The van der Waals surface area contributed by atoms with Gasteiger partial charge in [-0.25, -0.2) is 9.98 Å². The maximum absolute atomic E-state index is 12.9. The van der Waals surface area contributed by atoms with Gasteiger partial charge in [0.1, 0.15) is 0 Å². The third-order valence-corrected chi connectivity index (χ3v) is 6.26. The summed E-state index contributed by atoms with van der Waals surface area (Å²) in [6.45, 7) is 7.72. The molecule has 1 heterocycles. The number of aryl methyl sites for hydroxylation is 2. The lowest BCUT2D eigenvalue weighted by atomic mass is 9.81. The van der Waals surface area contributed by atoms with Crippen LogP contribution in [0.4, 0.5) is 18.9 Å². The Labute approximate surface area is 203 Å². The monoisotopic (exact) mass is 488 g/mol. The van der Waals surface area contributed by atoms with Crippen LogP contribution in [-0.2, 0) is 18.4 Å². The minimum Gasteiger partial charge on any atom is -0.352 e. The predicted molar refractivity (Wildman–Crippen MR) is 132 cm³/mol. The van der Waals surface area contributed by atoms with Crippen LogP contribution >= 0.6 is 0 Å². The zero-order valence-electron chi connectivity index (χ0n) is 20.2. The third-order valence-electron chi connectivity index (χ3n) is 6.26. The number of carbonyl (C=O) groups excluding carboxylic acids is 1. The van der Waals surface area contributed by atoms with Crippen LogP contribution in [-0.4, -0.2) is 34.5 Å². The summed E-state index contributed by atoms with van der Waals surface area (Å²) in [6.07, 6.45) is 1.71. The van der Waals surface area contributed by atoms with E-state index < -0.39 is 12.1 Å². The van der Waals surface area contributed by atoms with Gasteiger partial charge in [0.2, 0.25) is 11.9 Å². The Morgan fingerprint density at radius 2 is 2.00 bits per heavy atom. The van der Waals surface area contributed by atoms with Gasteiger partial charge in [0.15, 0.2) is 0 Å². The summed E-state index contributed by atoms with van der Waals surface area (Å²) in [5.41, 5.74) is 4.21. The summed E-state index contributed by atoms with van der Waals surface area (Å²) >= 11 is 0. The summed E-state index contributed by atoms with van der Waals surface area (Å²) in [7, 11) is 1.81. The molecule has 7 nitrogen and oxygen atoms in total. The first-order valence-electron chi connectivity index (χ1n) is 11.5. The molecule has 188 valence electrons. The summed E-state index contributed by atoms with van der Waals surface area (Å²) < 4.78 is 40.2. The Hall–Kier alpha value is -3.43. The van der Waals surface area contributed by atoms with Gasteiger partial charge >= 0.3 is 6.18 Å². The quantitative estimate of drug-likeness (QED) is 0.431. The van der Waals surface area contributed by atoms with Crippen molar-refractivity contribution in [3.63, 3.8) is 0 Å². The number of hydrogen-bond donors (Lipinski definition) is 2. The number of hydrogen-bond acceptors (Lipinski definition) is 3. The number of carbonyl (C=O) groups is 1. The van der Waals surface area contributed by atoms with Crippen LogP contribution in [0.2, 0.25) is 0 Å². The van der Waals surface area contributed by atoms with E-state index in [0.29, 0.717) is 18.2 Å². The molecule has 2 N–H and O–H groups in total. The van der Waals surface area contributed by atoms with Gasteiger partial charge in [0, 0.05) is 31.3 Å². The molecule has 1 amide bonds. The number of nitrogens with one attached hydrogen (secondary N) is 2. The van der Waals surface area contributed by atoms with Gasteiger partial charge in [0.05, 0.1) is 23.5 Å². The molecule has 1 aliphatic carbocycles. The lowest BCUT2D eigenvalue weighted by Gasteiger charge is -2.29. The Balaban J connectivity index is 1.61. The molecule has 1 fully saturated rings. The first-order valence-corrected chi connectivity index (χ1v) is 11.5. The highest BCUT2D eigenvalue weighted by atomic mass is 19.4. The summed E-state index contributed by atoms with van der Waals surface area (Å²) in [5, 5.41) is 10.1. The average molecular weight is 489 g/mol. The fourth-order valence-corrected chi connectivity index (χ4v) is 4.19. The molecule has 0 bridgehead atoms. The van der Waals surface area contributed by atoms with Gasteiger partial charge in [-0.2, -0.15) is 18.3 Å². The highest BCUT2D eigenvalue weighted by Gasteiger charge is 2.42. The fraction of sp³-hybridized carbons (Fsp3) is 0.440. The number of amides is 1. The molecule has 35 heavy (non-hydrogen) atoms. The van der Waals surface area contributed by atoms with Crippen molar-refractivity contribution in [1.29, 1.82) is 0 Å². The Bertz CT molecular complexity index is 1110. The molecule has 2 aromatic rings. The van der Waals surface area contributed by atoms with Crippen LogP contribution in [0.1, 0.15) is 49.3 Å². The van der Waals surface area contributed by atoms with E-state index in [1.165, 1.54) is 0 Å². The van der Waals surface area contributed by atoms with E-state index in [1.54, 1.807) is 17.1 Å². The number of allylic oxidation sites excluding steroid dienone is 1. The molecule has 1 aromatic heterocycles. The van der Waals surface area contributed by atoms with E-state index in [1.807, 2.05) is 45.2 Å². The lowest BCUT2D eigenvalue weighted by molar-refractivity contribution is -0.184. The largest absolute Gasteiger partial charge is 0.391 e. The van der Waals surface area contributed by atoms with E-state index in [2.05, 4.69) is 32.4 Å². The number of nitrogens with zero attached hydrogens (tertiary/aromatic N) is 4. The summed E-state index contributed by atoms with van der Waals surface area (Å²) in [4.78, 5) is 21.0. The number of rotatable bonds is 6. The minimum atomic E-state index is -4.17. The van der Waals surface area contributed by atoms with Gasteiger partial charge in [-0.1, -0.05) is 18.2 Å². The van der Waals surface area contributed by atoms with Crippen molar-refractivity contribution >= 4 is 30.0 Å². The van der Waals surface area contributed by atoms with Crippen molar-refractivity contribution in [3.05, 3.63) is 53.4 Å². The molecule has 1 aliphatic rings. The molecule has 0 saturated heterocycles. The molecule has 0 unspecified atom stereocenters. The zero-order chi connectivity index (χ0) is 25.6. The second-order valence-electron chi connectivity index (χ2n) is 8.74. The van der Waals surface area contributed by atoms with Gasteiger partial charge in [-0.3, -0.25) is 9.48 Å². The molecule has 0 atom stereocenters. The molecular weight excluding hydrogens is 457 g/mol. The van der Waals surface area contributed by atoms with Crippen LogP contribution in [0, 0.1) is 18.8 Å². The van der Waals surface area contributed by atoms with Gasteiger partial charge in [0.25, 0.3) is 0 Å². The van der Waals surface area contributed by atoms with Crippen molar-refractivity contribution in [3.8, 4) is 0 Å². The zero-order valence-corrected chi connectivity index (χ0v) is 20.2. The van der Waals surface area contributed by atoms with Crippen molar-refractivity contribution in [2.75, 3.05) is 5.32 Å². The standard InChI is InChI=1S/C25H31F3N6O/c1-5-22(33-24(29-3)32-21-14-31-34(4)15-21)18-6-7-19(16(2)12-18)13-30-23(35)17-8-10-20(11-9-17)25(26,27)28/h5-7,12,14-15,17,20H,3,8-11,13H2,1-2,4H3,(H,30,35)(H,32,33)/b22-5-. The van der Waals surface area contributed by atoms with Crippen LogP contribution < -0.4 is 10.6 Å². The topological polar surface area (TPSA) is 83.7 Å². The van der Waals surface area contributed by atoms with Crippen LogP contribution in [0.15, 0.2) is 46.7 Å². The molecule has 1 saturated carbocycles. The fourth-order valence-electron chi connectivity index (χ4n) is 4.19. The van der Waals surface area contributed by atoms with Crippen molar-refractivity contribution in [1.82, 2.24) is 15.1 Å². The number of aromatic nitrogens is 2. The van der Waals surface area contributed by atoms with Crippen molar-refractivity contribution < 1.29 is 18.0 Å². The maximum Gasteiger partial charge on any atom is 0.391 e. The Morgan fingerprint density at radius 1 is 1.29 bits per heavy atom. The maximum atomic E-state index is 12.9. The first-order chi connectivity index (χ1) is 16.6.